The third-order valence-corrected chi connectivity index (χ3v) is 4.00. The average Bonchev–Trinajstić information content (AvgIpc) is 3.08. The molecule has 0 bridgehead atoms. The van der Waals surface area contributed by atoms with Crippen LogP contribution in [0.5, 0.6) is 0 Å². The van der Waals surface area contributed by atoms with E-state index in [0.717, 1.165) is 37.7 Å². The molecule has 6 heteroatoms. The maximum atomic E-state index is 11.7. The lowest BCUT2D eigenvalue weighted by atomic mass is 10.1. The van der Waals surface area contributed by atoms with Crippen LogP contribution in [0.1, 0.15) is 22.3 Å². The van der Waals surface area contributed by atoms with Crippen molar-refractivity contribution in [3.05, 3.63) is 35.4 Å². The molecule has 1 heterocycles. The van der Waals surface area contributed by atoms with E-state index in [9.17, 15) is 4.79 Å². The van der Waals surface area contributed by atoms with Gasteiger partial charge in [-0.05, 0) is 24.1 Å². The normalized spacial score (nSPS) is 17.9. The summed E-state index contributed by atoms with van der Waals surface area (Å²) < 4.78 is 5.42. The van der Waals surface area contributed by atoms with E-state index in [2.05, 4.69) is 20.5 Å². The van der Waals surface area contributed by atoms with Crippen molar-refractivity contribution >= 4 is 11.9 Å². The molecule has 1 aromatic carbocycles. The zero-order valence-corrected chi connectivity index (χ0v) is 14.1. The highest BCUT2D eigenvalue weighted by molar-refractivity contribution is 5.94. The van der Waals surface area contributed by atoms with Crippen molar-refractivity contribution in [2.24, 2.45) is 10.9 Å². The molecule has 1 saturated heterocycles. The Hall–Kier alpha value is -2.08. The summed E-state index contributed by atoms with van der Waals surface area (Å²) in [7, 11) is 5.45. The molecule has 23 heavy (non-hydrogen) atoms. The topological polar surface area (TPSA) is 66.0 Å². The number of carbonyl (C=O) groups excluding carboxylic acids is 1. The number of nitrogens with one attached hydrogen (secondary N) is 2. The number of benzene rings is 1. The van der Waals surface area contributed by atoms with Crippen LogP contribution in [0.25, 0.3) is 0 Å². The van der Waals surface area contributed by atoms with Gasteiger partial charge in [-0.2, -0.15) is 0 Å². The SMILES string of the molecule is CN=C(NCc1cccc(C(=O)NC)c1)N(C)CC1CCOC1. The van der Waals surface area contributed by atoms with Gasteiger partial charge in [0.15, 0.2) is 5.96 Å². The smallest absolute Gasteiger partial charge is 0.251 e. The second kappa shape index (κ2) is 8.53. The van der Waals surface area contributed by atoms with Crippen LogP contribution in [0.2, 0.25) is 0 Å². The Bertz CT molecular complexity index is 553. The molecule has 2 N–H and O–H groups in total. The number of hydrogen-bond acceptors (Lipinski definition) is 3. The molecule has 6 nitrogen and oxygen atoms in total. The van der Waals surface area contributed by atoms with E-state index in [0.29, 0.717) is 18.0 Å². The lowest BCUT2D eigenvalue weighted by Crippen LogP contribution is -2.41. The van der Waals surface area contributed by atoms with E-state index < -0.39 is 0 Å². The Morgan fingerprint density at radius 1 is 1.48 bits per heavy atom. The second-order valence-electron chi connectivity index (χ2n) is 5.79. The van der Waals surface area contributed by atoms with Crippen LogP contribution < -0.4 is 10.6 Å². The van der Waals surface area contributed by atoms with Crippen LogP contribution in [0.15, 0.2) is 29.3 Å². The fourth-order valence-electron chi connectivity index (χ4n) is 2.73. The van der Waals surface area contributed by atoms with E-state index >= 15 is 0 Å². The third kappa shape index (κ3) is 4.96. The Balaban J connectivity index is 1.91. The summed E-state index contributed by atoms with van der Waals surface area (Å²) >= 11 is 0. The van der Waals surface area contributed by atoms with Gasteiger partial charge >= 0.3 is 0 Å². The first-order valence-electron chi connectivity index (χ1n) is 7.94. The fourth-order valence-corrected chi connectivity index (χ4v) is 2.73. The van der Waals surface area contributed by atoms with Crippen molar-refractivity contribution in [3.63, 3.8) is 0 Å². The number of nitrogens with zero attached hydrogens (tertiary/aromatic N) is 2. The van der Waals surface area contributed by atoms with Crippen LogP contribution in [-0.4, -0.2) is 57.7 Å². The number of carbonyl (C=O) groups is 1. The van der Waals surface area contributed by atoms with Crippen LogP contribution in [0.3, 0.4) is 0 Å². The van der Waals surface area contributed by atoms with Crippen LogP contribution in [0.4, 0.5) is 0 Å². The predicted octanol–water partition coefficient (Wildman–Crippen LogP) is 1.09. The van der Waals surface area contributed by atoms with E-state index in [1.165, 1.54) is 0 Å². The summed E-state index contributed by atoms with van der Waals surface area (Å²) in [6.45, 7) is 3.24. The number of amides is 1. The second-order valence-corrected chi connectivity index (χ2v) is 5.79. The van der Waals surface area contributed by atoms with Crippen molar-refractivity contribution in [1.29, 1.82) is 0 Å². The van der Waals surface area contributed by atoms with Gasteiger partial charge < -0.3 is 20.3 Å². The molecule has 0 radical (unpaired) electrons. The van der Waals surface area contributed by atoms with Gasteiger partial charge in [0.2, 0.25) is 0 Å². The average molecular weight is 318 g/mol. The Kier molecular flexibility index (Phi) is 6.40. The van der Waals surface area contributed by atoms with Crippen LogP contribution in [0, 0.1) is 5.92 Å². The summed E-state index contributed by atoms with van der Waals surface area (Å²) in [5, 5.41) is 5.99. The van der Waals surface area contributed by atoms with Gasteiger partial charge in [-0.1, -0.05) is 12.1 Å². The minimum Gasteiger partial charge on any atom is -0.381 e. The van der Waals surface area contributed by atoms with Gasteiger partial charge in [-0.3, -0.25) is 9.79 Å². The molecule has 0 aliphatic carbocycles. The largest absolute Gasteiger partial charge is 0.381 e. The summed E-state index contributed by atoms with van der Waals surface area (Å²) in [5.41, 5.74) is 1.71. The number of aliphatic imine (C=N–C) groups is 1. The molecule has 0 aromatic heterocycles. The van der Waals surface area contributed by atoms with Crippen molar-refractivity contribution in [1.82, 2.24) is 15.5 Å². The molecule has 1 amide bonds. The molecule has 1 unspecified atom stereocenters. The number of guanidine groups is 1. The molecule has 0 spiro atoms. The van der Waals surface area contributed by atoms with E-state index in [-0.39, 0.29) is 5.91 Å². The summed E-state index contributed by atoms with van der Waals surface area (Å²) in [6, 6.07) is 7.59. The number of rotatable bonds is 5. The van der Waals surface area contributed by atoms with E-state index in [1.807, 2.05) is 31.3 Å². The molecular formula is C17H26N4O2. The van der Waals surface area contributed by atoms with Gasteiger partial charge in [-0.25, -0.2) is 0 Å². The molecule has 2 rings (SSSR count). The number of hydrogen-bond donors (Lipinski definition) is 2. The fraction of sp³-hybridized carbons (Fsp3) is 0.529. The summed E-state index contributed by atoms with van der Waals surface area (Å²) in [6.07, 6.45) is 1.11. The molecule has 1 fully saturated rings. The molecule has 1 aromatic rings. The quantitative estimate of drug-likeness (QED) is 0.630. The van der Waals surface area contributed by atoms with E-state index in [4.69, 9.17) is 4.74 Å². The van der Waals surface area contributed by atoms with Crippen molar-refractivity contribution < 1.29 is 9.53 Å². The highest BCUT2D eigenvalue weighted by atomic mass is 16.5. The summed E-state index contributed by atoms with van der Waals surface area (Å²) in [5.74, 6) is 1.34. The first kappa shape index (κ1) is 17.3. The lowest BCUT2D eigenvalue weighted by Gasteiger charge is -2.24. The summed E-state index contributed by atoms with van der Waals surface area (Å²) in [4.78, 5) is 18.1. The van der Waals surface area contributed by atoms with Crippen molar-refractivity contribution in [2.45, 2.75) is 13.0 Å². The minimum atomic E-state index is -0.0745. The zero-order chi connectivity index (χ0) is 16.7. The van der Waals surface area contributed by atoms with E-state index in [1.54, 1.807) is 14.1 Å². The first-order valence-corrected chi connectivity index (χ1v) is 7.94. The van der Waals surface area contributed by atoms with Gasteiger partial charge in [0, 0.05) is 52.3 Å². The Morgan fingerprint density at radius 3 is 2.96 bits per heavy atom. The maximum absolute atomic E-state index is 11.7. The Morgan fingerprint density at radius 2 is 2.30 bits per heavy atom. The molecule has 1 atom stereocenters. The third-order valence-electron chi connectivity index (χ3n) is 4.00. The first-order chi connectivity index (χ1) is 11.1. The highest BCUT2D eigenvalue weighted by Gasteiger charge is 2.19. The zero-order valence-electron chi connectivity index (χ0n) is 14.1. The van der Waals surface area contributed by atoms with Gasteiger partial charge in [0.05, 0.1) is 6.61 Å². The highest BCUT2D eigenvalue weighted by Crippen LogP contribution is 2.13. The Labute approximate surface area is 137 Å². The molecule has 126 valence electrons. The monoisotopic (exact) mass is 318 g/mol. The van der Waals surface area contributed by atoms with Crippen molar-refractivity contribution in [2.75, 3.05) is 40.9 Å². The minimum absolute atomic E-state index is 0.0745. The standard InChI is InChI=1S/C17H26N4O2/c1-18-16(22)15-6-4-5-13(9-15)10-20-17(19-2)21(3)11-14-7-8-23-12-14/h4-6,9,14H,7-8,10-12H2,1-3H3,(H,18,22)(H,19,20). The predicted molar refractivity (Wildman–Crippen MR) is 91.6 cm³/mol. The van der Waals surface area contributed by atoms with Crippen LogP contribution >= 0.6 is 0 Å². The molecule has 0 saturated carbocycles. The molecule has 1 aliphatic heterocycles. The van der Waals surface area contributed by atoms with Gasteiger partial charge in [0.1, 0.15) is 0 Å². The maximum Gasteiger partial charge on any atom is 0.251 e. The van der Waals surface area contributed by atoms with Crippen molar-refractivity contribution in [3.8, 4) is 0 Å². The van der Waals surface area contributed by atoms with Crippen LogP contribution in [-0.2, 0) is 11.3 Å². The lowest BCUT2D eigenvalue weighted by molar-refractivity contribution is 0.0963. The van der Waals surface area contributed by atoms with Gasteiger partial charge in [0.25, 0.3) is 5.91 Å². The molecule has 1 aliphatic rings. The molecular weight excluding hydrogens is 292 g/mol. The number of ether oxygens (including phenoxy) is 1. The van der Waals surface area contributed by atoms with Gasteiger partial charge in [-0.15, -0.1) is 0 Å².